The van der Waals surface area contributed by atoms with Crippen molar-refractivity contribution in [2.75, 3.05) is 26.3 Å². The van der Waals surface area contributed by atoms with Crippen molar-refractivity contribution < 1.29 is 9.84 Å². The number of aromatic nitrogens is 1. The second kappa shape index (κ2) is 7.55. The molecule has 1 atom stereocenters. The molecule has 1 unspecified atom stereocenters. The van der Waals surface area contributed by atoms with Gasteiger partial charge >= 0.3 is 0 Å². The maximum absolute atomic E-state index is 8.76. The van der Waals surface area contributed by atoms with Gasteiger partial charge in [0.15, 0.2) is 0 Å². The lowest BCUT2D eigenvalue weighted by atomic mass is 10.1. The van der Waals surface area contributed by atoms with Crippen LogP contribution in [0.1, 0.15) is 36.5 Å². The highest BCUT2D eigenvalue weighted by Gasteiger charge is 2.25. The Morgan fingerprint density at radius 1 is 1.58 bits per heavy atom. The minimum absolute atomic E-state index is 0.108. The van der Waals surface area contributed by atoms with Gasteiger partial charge in [0, 0.05) is 18.5 Å². The quantitative estimate of drug-likeness (QED) is 0.820. The summed E-state index contributed by atoms with van der Waals surface area (Å²) in [6.07, 6.45) is 2.35. The van der Waals surface area contributed by atoms with Crippen LogP contribution < -0.4 is 0 Å². The van der Waals surface area contributed by atoms with Crippen molar-refractivity contribution in [3.8, 4) is 0 Å². The Morgan fingerprint density at radius 2 is 2.32 bits per heavy atom. The van der Waals surface area contributed by atoms with Crippen molar-refractivity contribution in [2.45, 2.75) is 37.8 Å². The molecule has 0 saturated carbocycles. The van der Waals surface area contributed by atoms with Crippen molar-refractivity contribution >= 4 is 22.9 Å². The molecule has 0 aromatic carbocycles. The number of ether oxygens (including phenoxy) is 1. The van der Waals surface area contributed by atoms with E-state index in [-0.39, 0.29) is 6.61 Å². The second-order valence-corrected chi connectivity index (χ2v) is 5.97. The van der Waals surface area contributed by atoms with Crippen LogP contribution in [0.2, 0.25) is 0 Å². The third kappa shape index (κ3) is 4.13. The number of hydrogen-bond donors (Lipinski definition) is 1. The summed E-state index contributed by atoms with van der Waals surface area (Å²) in [5.41, 5.74) is 0.967. The monoisotopic (exact) mass is 304 g/mol. The van der Waals surface area contributed by atoms with Crippen LogP contribution in [0.3, 0.4) is 0 Å². The SMILES string of the molecule is CC(c1nc(CCl)cs1)N1CCC(OCCO)CC1. The van der Waals surface area contributed by atoms with E-state index in [1.54, 1.807) is 11.3 Å². The Balaban J connectivity index is 1.83. The largest absolute Gasteiger partial charge is 0.394 e. The molecule has 1 aromatic rings. The molecule has 0 radical (unpaired) electrons. The first-order valence-corrected chi connectivity index (χ1v) is 8.12. The normalized spacial score (nSPS) is 19.7. The summed E-state index contributed by atoms with van der Waals surface area (Å²) >= 11 is 7.48. The van der Waals surface area contributed by atoms with Gasteiger partial charge in [-0.25, -0.2) is 4.98 Å². The summed E-state index contributed by atoms with van der Waals surface area (Å²) < 4.78 is 5.58. The third-order valence-electron chi connectivity index (χ3n) is 3.53. The molecule has 0 spiro atoms. The van der Waals surface area contributed by atoms with E-state index in [0.29, 0.717) is 24.6 Å². The molecule has 1 saturated heterocycles. The Hall–Kier alpha value is -0.200. The average Bonchev–Trinajstić information content (AvgIpc) is 2.94. The molecule has 0 amide bonds. The van der Waals surface area contributed by atoms with Gasteiger partial charge in [-0.05, 0) is 19.8 Å². The Bertz CT molecular complexity index is 380. The van der Waals surface area contributed by atoms with E-state index in [1.165, 1.54) is 0 Å². The number of piperidine rings is 1. The molecule has 0 bridgehead atoms. The summed E-state index contributed by atoms with van der Waals surface area (Å²) in [6.45, 7) is 4.80. The molecular weight excluding hydrogens is 284 g/mol. The van der Waals surface area contributed by atoms with Crippen LogP contribution in [0.4, 0.5) is 0 Å². The van der Waals surface area contributed by atoms with E-state index < -0.39 is 0 Å². The predicted octanol–water partition coefficient (Wildman–Crippen LogP) is 2.42. The first kappa shape index (κ1) is 15.2. The smallest absolute Gasteiger partial charge is 0.110 e. The Labute approximate surface area is 123 Å². The maximum atomic E-state index is 8.76. The molecule has 1 fully saturated rings. The molecular formula is C13H21ClN2O2S. The summed E-state index contributed by atoms with van der Waals surface area (Å²) in [5.74, 6) is 0.486. The van der Waals surface area contributed by atoms with Crippen LogP contribution in [0.5, 0.6) is 0 Å². The molecule has 0 aliphatic carbocycles. The van der Waals surface area contributed by atoms with E-state index >= 15 is 0 Å². The van der Waals surface area contributed by atoms with Gasteiger partial charge in [-0.3, -0.25) is 4.90 Å². The zero-order valence-corrected chi connectivity index (χ0v) is 12.8. The highest BCUT2D eigenvalue weighted by atomic mass is 35.5. The van der Waals surface area contributed by atoms with Gasteiger partial charge in [0.1, 0.15) is 5.01 Å². The van der Waals surface area contributed by atoms with E-state index in [1.807, 2.05) is 5.38 Å². The van der Waals surface area contributed by atoms with E-state index in [4.69, 9.17) is 21.4 Å². The number of alkyl halides is 1. The van der Waals surface area contributed by atoms with Crippen molar-refractivity contribution in [3.63, 3.8) is 0 Å². The van der Waals surface area contributed by atoms with Crippen molar-refractivity contribution in [3.05, 3.63) is 16.1 Å². The molecule has 19 heavy (non-hydrogen) atoms. The summed E-state index contributed by atoms with van der Waals surface area (Å²) in [4.78, 5) is 6.99. The average molecular weight is 305 g/mol. The number of aliphatic hydroxyl groups is 1. The number of thiazole rings is 1. The van der Waals surface area contributed by atoms with Crippen LogP contribution in [0, 0.1) is 0 Å². The van der Waals surface area contributed by atoms with E-state index in [9.17, 15) is 0 Å². The fraction of sp³-hybridized carbons (Fsp3) is 0.769. The van der Waals surface area contributed by atoms with Crippen LogP contribution in [0.25, 0.3) is 0 Å². The van der Waals surface area contributed by atoms with Crippen molar-refractivity contribution in [1.82, 2.24) is 9.88 Å². The lowest BCUT2D eigenvalue weighted by molar-refractivity contribution is -0.0141. The molecule has 1 aliphatic rings. The van der Waals surface area contributed by atoms with Gasteiger partial charge in [0.25, 0.3) is 0 Å². The summed E-state index contributed by atoms with van der Waals surface area (Å²) in [6, 6.07) is 0.348. The molecule has 6 heteroatoms. The molecule has 108 valence electrons. The summed E-state index contributed by atoms with van der Waals surface area (Å²) in [7, 11) is 0. The lowest BCUT2D eigenvalue weighted by Gasteiger charge is -2.35. The zero-order chi connectivity index (χ0) is 13.7. The highest BCUT2D eigenvalue weighted by Crippen LogP contribution is 2.27. The van der Waals surface area contributed by atoms with Crippen LogP contribution in [0.15, 0.2) is 5.38 Å². The van der Waals surface area contributed by atoms with Gasteiger partial charge in [0.05, 0.1) is 36.9 Å². The van der Waals surface area contributed by atoms with Gasteiger partial charge in [-0.1, -0.05) is 0 Å². The predicted molar refractivity (Wildman–Crippen MR) is 77.7 cm³/mol. The minimum Gasteiger partial charge on any atom is -0.394 e. The fourth-order valence-electron chi connectivity index (χ4n) is 2.38. The highest BCUT2D eigenvalue weighted by molar-refractivity contribution is 7.09. The van der Waals surface area contributed by atoms with Gasteiger partial charge < -0.3 is 9.84 Å². The topological polar surface area (TPSA) is 45.6 Å². The fourth-order valence-corrected chi connectivity index (χ4v) is 3.52. The lowest BCUT2D eigenvalue weighted by Crippen LogP contribution is -2.38. The number of nitrogens with zero attached hydrogens (tertiary/aromatic N) is 2. The van der Waals surface area contributed by atoms with E-state index in [2.05, 4.69) is 16.8 Å². The third-order valence-corrected chi connectivity index (χ3v) is 4.87. The maximum Gasteiger partial charge on any atom is 0.110 e. The summed E-state index contributed by atoms with van der Waals surface area (Å²) in [5, 5.41) is 11.9. The van der Waals surface area contributed by atoms with Crippen LogP contribution >= 0.6 is 22.9 Å². The number of hydrogen-bond acceptors (Lipinski definition) is 5. The van der Waals surface area contributed by atoms with Gasteiger partial charge in [-0.2, -0.15) is 0 Å². The van der Waals surface area contributed by atoms with Gasteiger partial charge in [-0.15, -0.1) is 22.9 Å². The standard InChI is InChI=1S/C13H21ClN2O2S/c1-10(13-15-11(8-14)9-19-13)16-4-2-12(3-5-16)18-7-6-17/h9-10,12,17H,2-8H2,1H3. The Kier molecular flexibility index (Phi) is 6.04. The minimum atomic E-state index is 0.108. The van der Waals surface area contributed by atoms with Crippen LogP contribution in [-0.4, -0.2) is 47.4 Å². The zero-order valence-electron chi connectivity index (χ0n) is 11.2. The number of aliphatic hydroxyl groups excluding tert-OH is 1. The Morgan fingerprint density at radius 3 is 2.89 bits per heavy atom. The number of rotatable bonds is 6. The van der Waals surface area contributed by atoms with E-state index in [0.717, 1.165) is 36.6 Å². The van der Waals surface area contributed by atoms with Gasteiger partial charge in [0.2, 0.25) is 0 Å². The molecule has 2 heterocycles. The van der Waals surface area contributed by atoms with Crippen molar-refractivity contribution in [2.24, 2.45) is 0 Å². The molecule has 4 nitrogen and oxygen atoms in total. The number of halogens is 1. The number of likely N-dealkylation sites (tertiary alicyclic amines) is 1. The first-order valence-electron chi connectivity index (χ1n) is 6.71. The second-order valence-electron chi connectivity index (χ2n) is 4.82. The van der Waals surface area contributed by atoms with Crippen molar-refractivity contribution in [1.29, 1.82) is 0 Å². The van der Waals surface area contributed by atoms with Crippen LogP contribution in [-0.2, 0) is 10.6 Å². The molecule has 1 aromatic heterocycles. The molecule has 1 N–H and O–H groups in total. The first-order chi connectivity index (χ1) is 9.24. The molecule has 1 aliphatic heterocycles. The molecule has 2 rings (SSSR count).